The Labute approximate surface area is 177 Å². The first-order valence-corrected chi connectivity index (χ1v) is 11.7. The summed E-state index contributed by atoms with van der Waals surface area (Å²) >= 11 is 3.46. The number of esters is 1. The van der Waals surface area contributed by atoms with Crippen LogP contribution < -0.4 is 4.74 Å². The van der Waals surface area contributed by atoms with Crippen molar-refractivity contribution < 1.29 is 14.6 Å². The summed E-state index contributed by atoms with van der Waals surface area (Å²) in [4.78, 5) is 14.3. The van der Waals surface area contributed by atoms with Crippen molar-refractivity contribution >= 4 is 29.5 Å². The van der Waals surface area contributed by atoms with Gasteiger partial charge in [0.1, 0.15) is 11.5 Å². The lowest BCUT2D eigenvalue weighted by atomic mass is 10.1. The molecule has 0 unspecified atom stereocenters. The van der Waals surface area contributed by atoms with Gasteiger partial charge in [0, 0.05) is 15.5 Å². The van der Waals surface area contributed by atoms with E-state index in [2.05, 4.69) is 6.92 Å². The second-order valence-corrected chi connectivity index (χ2v) is 9.46. The molecule has 3 nitrogen and oxygen atoms in total. The normalized spacial score (nSPS) is 10.9. The van der Waals surface area contributed by atoms with E-state index in [0.29, 0.717) is 17.9 Å². The van der Waals surface area contributed by atoms with Crippen molar-refractivity contribution in [3.05, 3.63) is 46.5 Å². The van der Waals surface area contributed by atoms with Crippen LogP contribution in [0.3, 0.4) is 0 Å². The van der Waals surface area contributed by atoms with Gasteiger partial charge in [-0.2, -0.15) is 11.8 Å². The number of carbonyl (C=O) groups is 1. The van der Waals surface area contributed by atoms with Gasteiger partial charge in [-0.1, -0.05) is 25.1 Å². The lowest BCUT2D eigenvalue weighted by Crippen LogP contribution is -2.11. The summed E-state index contributed by atoms with van der Waals surface area (Å²) < 4.78 is 5.65. The Bertz CT molecular complexity index is 785. The SMILES string of the molecule is CCCCSCCC(=O)Oc1c(C)cc(Sc2cc(C)c(O)c(C)c2)cc1C. The largest absolute Gasteiger partial charge is 0.507 e. The number of aryl methyl sites for hydroxylation is 4. The Kier molecular flexibility index (Phi) is 8.77. The average Bonchev–Trinajstić information content (AvgIpc) is 2.62. The van der Waals surface area contributed by atoms with E-state index in [1.165, 1.54) is 12.8 Å². The van der Waals surface area contributed by atoms with Gasteiger partial charge in [0.2, 0.25) is 0 Å². The molecule has 0 bridgehead atoms. The Morgan fingerprint density at radius 2 is 1.46 bits per heavy atom. The molecule has 0 aliphatic heterocycles. The maximum atomic E-state index is 12.2. The van der Waals surface area contributed by atoms with Crippen LogP contribution in [-0.4, -0.2) is 22.6 Å². The van der Waals surface area contributed by atoms with E-state index in [4.69, 9.17) is 4.74 Å². The van der Waals surface area contributed by atoms with Crippen molar-refractivity contribution in [1.29, 1.82) is 0 Å². The van der Waals surface area contributed by atoms with Crippen molar-refractivity contribution in [3.63, 3.8) is 0 Å². The predicted molar refractivity (Wildman–Crippen MR) is 120 cm³/mol. The predicted octanol–water partition coefficient (Wildman–Crippen LogP) is 6.61. The molecule has 2 rings (SSSR count). The minimum atomic E-state index is -0.166. The van der Waals surface area contributed by atoms with E-state index in [0.717, 1.165) is 43.6 Å². The number of phenolic OH excluding ortho intramolecular Hbond substituents is 1. The first-order valence-electron chi connectivity index (χ1n) is 9.69. The number of thioether (sulfide) groups is 1. The van der Waals surface area contributed by atoms with Crippen molar-refractivity contribution in [2.75, 3.05) is 11.5 Å². The topological polar surface area (TPSA) is 46.5 Å². The van der Waals surface area contributed by atoms with Crippen LogP contribution in [0.1, 0.15) is 48.4 Å². The summed E-state index contributed by atoms with van der Waals surface area (Å²) in [5.41, 5.74) is 3.67. The highest BCUT2D eigenvalue weighted by Gasteiger charge is 2.13. The highest BCUT2D eigenvalue weighted by Crippen LogP contribution is 2.36. The van der Waals surface area contributed by atoms with Gasteiger partial charge in [0.15, 0.2) is 0 Å². The highest BCUT2D eigenvalue weighted by atomic mass is 32.2. The maximum absolute atomic E-state index is 12.2. The van der Waals surface area contributed by atoms with Crippen LogP contribution in [-0.2, 0) is 4.79 Å². The number of hydrogen-bond donors (Lipinski definition) is 1. The summed E-state index contributed by atoms with van der Waals surface area (Å²) in [7, 11) is 0. The Morgan fingerprint density at radius 1 is 0.929 bits per heavy atom. The van der Waals surface area contributed by atoms with E-state index in [9.17, 15) is 9.90 Å². The third kappa shape index (κ3) is 6.49. The first-order chi connectivity index (χ1) is 13.3. The molecule has 0 aromatic heterocycles. The monoisotopic (exact) mass is 418 g/mol. The number of hydrogen-bond acceptors (Lipinski definition) is 5. The molecule has 5 heteroatoms. The van der Waals surface area contributed by atoms with Crippen LogP contribution in [0.4, 0.5) is 0 Å². The van der Waals surface area contributed by atoms with Gasteiger partial charge >= 0.3 is 5.97 Å². The molecule has 0 amide bonds. The van der Waals surface area contributed by atoms with Crippen molar-refractivity contribution in [2.24, 2.45) is 0 Å². The van der Waals surface area contributed by atoms with Gasteiger partial charge in [-0.25, -0.2) is 0 Å². The fraction of sp³-hybridized carbons (Fsp3) is 0.435. The van der Waals surface area contributed by atoms with E-state index < -0.39 is 0 Å². The second kappa shape index (κ2) is 10.8. The summed E-state index contributed by atoms with van der Waals surface area (Å²) in [6, 6.07) is 8.07. The Hall–Kier alpha value is -1.59. The number of phenols is 1. The van der Waals surface area contributed by atoms with E-state index in [1.807, 2.05) is 63.7 Å². The highest BCUT2D eigenvalue weighted by molar-refractivity contribution is 7.99. The van der Waals surface area contributed by atoms with E-state index in [-0.39, 0.29) is 5.97 Å². The summed E-state index contributed by atoms with van der Waals surface area (Å²) in [5, 5.41) is 9.95. The fourth-order valence-corrected chi connectivity index (χ4v) is 5.13. The third-order valence-corrected chi connectivity index (χ3v) is 6.46. The van der Waals surface area contributed by atoms with Gasteiger partial charge in [-0.05, 0) is 86.4 Å². The van der Waals surface area contributed by atoms with Crippen LogP contribution in [0, 0.1) is 27.7 Å². The molecule has 0 fully saturated rings. The van der Waals surface area contributed by atoms with Gasteiger partial charge in [-0.3, -0.25) is 4.79 Å². The van der Waals surface area contributed by atoms with Crippen LogP contribution in [0.15, 0.2) is 34.1 Å². The standard InChI is InChI=1S/C23H30O3S2/c1-6-7-9-27-10-8-21(24)26-23-17(4)13-20(14-18(23)5)28-19-11-15(2)22(25)16(3)12-19/h11-14,25H,6-10H2,1-5H3. The number of ether oxygens (including phenoxy) is 1. The molecule has 0 aliphatic carbocycles. The molecule has 0 heterocycles. The lowest BCUT2D eigenvalue weighted by Gasteiger charge is -2.13. The molecule has 0 spiro atoms. The summed E-state index contributed by atoms with van der Waals surface area (Å²) in [6.07, 6.45) is 2.82. The van der Waals surface area contributed by atoms with Crippen LogP contribution in [0.25, 0.3) is 0 Å². The zero-order chi connectivity index (χ0) is 20.7. The van der Waals surface area contributed by atoms with Gasteiger partial charge in [0.05, 0.1) is 6.42 Å². The number of carbonyl (C=O) groups excluding carboxylic acids is 1. The third-order valence-electron chi connectivity index (χ3n) is 4.44. The molecule has 0 saturated carbocycles. The number of rotatable bonds is 9. The van der Waals surface area contributed by atoms with Gasteiger partial charge < -0.3 is 9.84 Å². The molecule has 1 N–H and O–H groups in total. The first kappa shape index (κ1) is 22.7. The molecular weight excluding hydrogens is 388 g/mol. The van der Waals surface area contributed by atoms with Crippen molar-refractivity contribution in [1.82, 2.24) is 0 Å². The minimum Gasteiger partial charge on any atom is -0.507 e. The number of aromatic hydroxyl groups is 1. The molecule has 0 saturated heterocycles. The van der Waals surface area contributed by atoms with Crippen LogP contribution in [0.2, 0.25) is 0 Å². The van der Waals surface area contributed by atoms with E-state index >= 15 is 0 Å². The quantitative estimate of drug-likeness (QED) is 0.282. The molecule has 0 atom stereocenters. The zero-order valence-electron chi connectivity index (χ0n) is 17.4. The lowest BCUT2D eigenvalue weighted by molar-refractivity contribution is -0.134. The average molecular weight is 419 g/mol. The summed E-state index contributed by atoms with van der Waals surface area (Å²) in [6.45, 7) is 9.94. The zero-order valence-corrected chi connectivity index (χ0v) is 19.1. The summed E-state index contributed by atoms with van der Waals surface area (Å²) in [5.74, 6) is 2.77. The maximum Gasteiger partial charge on any atom is 0.312 e. The molecule has 0 aliphatic rings. The van der Waals surface area contributed by atoms with E-state index in [1.54, 1.807) is 11.8 Å². The van der Waals surface area contributed by atoms with Crippen LogP contribution in [0.5, 0.6) is 11.5 Å². The minimum absolute atomic E-state index is 0.166. The molecule has 0 radical (unpaired) electrons. The smallest absolute Gasteiger partial charge is 0.312 e. The van der Waals surface area contributed by atoms with Gasteiger partial charge in [-0.15, -0.1) is 0 Å². The van der Waals surface area contributed by atoms with Gasteiger partial charge in [0.25, 0.3) is 0 Å². The molecular formula is C23H30O3S2. The van der Waals surface area contributed by atoms with Crippen LogP contribution >= 0.6 is 23.5 Å². The molecule has 2 aromatic rings. The molecule has 28 heavy (non-hydrogen) atoms. The Balaban J connectivity index is 2.03. The van der Waals surface area contributed by atoms with Crippen molar-refractivity contribution in [2.45, 2.75) is 63.7 Å². The Morgan fingerprint density at radius 3 is 2.00 bits per heavy atom. The fourth-order valence-electron chi connectivity index (χ4n) is 2.91. The second-order valence-electron chi connectivity index (χ2n) is 7.08. The number of unbranched alkanes of at least 4 members (excludes halogenated alkanes) is 1. The molecule has 2 aromatic carbocycles. The number of benzene rings is 2. The van der Waals surface area contributed by atoms with Crippen molar-refractivity contribution in [3.8, 4) is 11.5 Å². The molecule has 152 valence electrons.